The molecule has 0 radical (unpaired) electrons. The Labute approximate surface area is 199 Å². The average Bonchev–Trinajstić information content (AvgIpc) is 2.87. The maximum atomic E-state index is 11.2. The van der Waals surface area contributed by atoms with E-state index in [4.69, 9.17) is 5.73 Å². The molecule has 1 fully saturated rings. The van der Waals surface area contributed by atoms with Crippen molar-refractivity contribution in [1.82, 2.24) is 4.90 Å². The largest absolute Gasteiger partial charge is 0.369 e. The number of hydrogen-bond acceptors (Lipinski definition) is 3. The Morgan fingerprint density at radius 3 is 2.27 bits per heavy atom. The maximum absolute atomic E-state index is 11.2. The third-order valence-corrected chi connectivity index (χ3v) is 6.67. The number of benzene rings is 2. The summed E-state index contributed by atoms with van der Waals surface area (Å²) in [5.74, 6) is 0.366. The normalized spacial score (nSPS) is 18.7. The van der Waals surface area contributed by atoms with Crippen LogP contribution < -0.4 is 10.6 Å². The molecule has 1 heterocycles. The molecule has 176 valence electrons. The van der Waals surface area contributed by atoms with Crippen molar-refractivity contribution in [3.8, 4) is 0 Å². The molecular weight excluding hydrogens is 406 g/mol. The van der Waals surface area contributed by atoms with Crippen molar-refractivity contribution < 1.29 is 4.79 Å². The fraction of sp³-hybridized carbons (Fsp3) is 0.414. The number of carbonyl (C=O) groups is 1. The van der Waals surface area contributed by atoms with E-state index in [0.29, 0.717) is 5.56 Å². The topological polar surface area (TPSA) is 49.6 Å². The first kappa shape index (κ1) is 24.8. The zero-order valence-electron chi connectivity index (χ0n) is 20.2. The van der Waals surface area contributed by atoms with Gasteiger partial charge < -0.3 is 10.6 Å². The first-order valence-corrected chi connectivity index (χ1v) is 12.3. The third-order valence-electron chi connectivity index (χ3n) is 6.67. The number of rotatable bonds is 6. The SMILES string of the molecule is C/C=C\C=C/C.NC(=O)c1ccc(N2CCN(CCC3CCCc4ccccc43)CC2)cc1. The first-order valence-electron chi connectivity index (χ1n) is 12.3. The van der Waals surface area contributed by atoms with E-state index in [1.54, 1.807) is 11.1 Å². The number of primary amides is 1. The molecule has 1 amide bonds. The number of nitrogens with two attached hydrogens (primary N) is 1. The van der Waals surface area contributed by atoms with Crippen LogP contribution in [0, 0.1) is 0 Å². The van der Waals surface area contributed by atoms with Gasteiger partial charge in [0.25, 0.3) is 0 Å². The molecule has 1 unspecified atom stereocenters. The molecule has 2 N–H and O–H groups in total. The predicted octanol–water partition coefficient (Wildman–Crippen LogP) is 5.56. The van der Waals surface area contributed by atoms with Crippen LogP contribution in [0.5, 0.6) is 0 Å². The van der Waals surface area contributed by atoms with Gasteiger partial charge in [0.2, 0.25) is 5.91 Å². The third kappa shape index (κ3) is 7.33. The molecule has 4 rings (SSSR count). The zero-order chi connectivity index (χ0) is 23.5. The Morgan fingerprint density at radius 1 is 0.970 bits per heavy atom. The Kier molecular flexibility index (Phi) is 9.77. The number of nitrogens with zero attached hydrogens (tertiary/aromatic N) is 2. The molecule has 1 saturated heterocycles. The van der Waals surface area contributed by atoms with Crippen molar-refractivity contribution in [2.24, 2.45) is 5.73 Å². The molecule has 4 heteroatoms. The molecule has 1 aliphatic carbocycles. The molecule has 1 atom stereocenters. The number of amides is 1. The second-order valence-electron chi connectivity index (χ2n) is 8.87. The molecule has 1 aliphatic heterocycles. The van der Waals surface area contributed by atoms with E-state index in [2.05, 4.69) is 34.1 Å². The summed E-state index contributed by atoms with van der Waals surface area (Å²) in [7, 11) is 0. The highest BCUT2D eigenvalue weighted by atomic mass is 16.1. The molecule has 0 spiro atoms. The molecule has 0 bridgehead atoms. The Bertz CT molecular complexity index is 914. The zero-order valence-corrected chi connectivity index (χ0v) is 20.2. The van der Waals surface area contributed by atoms with Crippen LogP contribution in [0.25, 0.3) is 0 Å². The van der Waals surface area contributed by atoms with E-state index in [1.807, 2.05) is 62.4 Å². The van der Waals surface area contributed by atoms with Crippen molar-refractivity contribution >= 4 is 11.6 Å². The number of anilines is 1. The quantitative estimate of drug-likeness (QED) is 0.593. The summed E-state index contributed by atoms with van der Waals surface area (Å²) in [6.45, 7) is 9.47. The van der Waals surface area contributed by atoms with Crippen LogP contribution in [0.4, 0.5) is 5.69 Å². The summed E-state index contributed by atoms with van der Waals surface area (Å²) in [5, 5.41) is 0. The number of aryl methyl sites for hydroxylation is 1. The highest BCUT2D eigenvalue weighted by molar-refractivity contribution is 5.93. The number of allylic oxidation sites excluding steroid dienone is 4. The minimum atomic E-state index is -0.365. The van der Waals surface area contributed by atoms with Gasteiger partial charge in [-0.05, 0) is 87.4 Å². The van der Waals surface area contributed by atoms with Crippen molar-refractivity contribution in [2.75, 3.05) is 37.6 Å². The van der Waals surface area contributed by atoms with E-state index in [0.717, 1.165) is 32.1 Å². The van der Waals surface area contributed by atoms with Crippen molar-refractivity contribution in [2.45, 2.75) is 45.4 Å². The molecule has 0 saturated carbocycles. The lowest BCUT2D eigenvalue weighted by Gasteiger charge is -2.37. The monoisotopic (exact) mass is 445 g/mol. The minimum absolute atomic E-state index is 0.365. The fourth-order valence-electron chi connectivity index (χ4n) is 4.78. The van der Waals surface area contributed by atoms with Crippen LogP contribution in [-0.4, -0.2) is 43.5 Å². The summed E-state index contributed by atoms with van der Waals surface area (Å²) in [6, 6.07) is 16.7. The highest BCUT2D eigenvalue weighted by Gasteiger charge is 2.22. The summed E-state index contributed by atoms with van der Waals surface area (Å²) >= 11 is 0. The summed E-state index contributed by atoms with van der Waals surface area (Å²) in [4.78, 5) is 16.2. The minimum Gasteiger partial charge on any atom is -0.369 e. The van der Waals surface area contributed by atoms with Gasteiger partial charge >= 0.3 is 0 Å². The number of hydrogen-bond donors (Lipinski definition) is 1. The van der Waals surface area contributed by atoms with Gasteiger partial charge in [-0.2, -0.15) is 0 Å². The Morgan fingerprint density at radius 2 is 1.64 bits per heavy atom. The van der Waals surface area contributed by atoms with E-state index in [9.17, 15) is 4.79 Å². The van der Waals surface area contributed by atoms with Gasteiger partial charge in [-0.1, -0.05) is 48.6 Å². The molecule has 2 aliphatic rings. The number of piperazine rings is 1. The second-order valence-corrected chi connectivity index (χ2v) is 8.87. The van der Waals surface area contributed by atoms with Crippen LogP contribution in [0.15, 0.2) is 72.8 Å². The van der Waals surface area contributed by atoms with Crippen LogP contribution in [-0.2, 0) is 6.42 Å². The van der Waals surface area contributed by atoms with E-state index in [-0.39, 0.29) is 5.91 Å². The predicted molar refractivity (Wildman–Crippen MR) is 140 cm³/mol. The maximum Gasteiger partial charge on any atom is 0.248 e. The molecule has 0 aromatic heterocycles. The van der Waals surface area contributed by atoms with Gasteiger partial charge in [0, 0.05) is 37.4 Å². The number of carbonyl (C=O) groups excluding carboxylic acids is 1. The molecule has 2 aromatic carbocycles. The second kappa shape index (κ2) is 13.0. The van der Waals surface area contributed by atoms with Crippen molar-refractivity contribution in [1.29, 1.82) is 0 Å². The lowest BCUT2D eigenvalue weighted by molar-refractivity contribution is 0.100. The molecular formula is C29H39N3O. The van der Waals surface area contributed by atoms with Crippen LogP contribution >= 0.6 is 0 Å². The summed E-state index contributed by atoms with van der Waals surface area (Å²) < 4.78 is 0. The molecule has 2 aromatic rings. The van der Waals surface area contributed by atoms with Gasteiger partial charge in [0.1, 0.15) is 0 Å². The average molecular weight is 446 g/mol. The fourth-order valence-corrected chi connectivity index (χ4v) is 4.78. The molecule has 33 heavy (non-hydrogen) atoms. The first-order chi connectivity index (χ1) is 16.1. The lowest BCUT2D eigenvalue weighted by atomic mass is 9.81. The highest BCUT2D eigenvalue weighted by Crippen LogP contribution is 2.34. The van der Waals surface area contributed by atoms with E-state index < -0.39 is 0 Å². The van der Waals surface area contributed by atoms with Crippen LogP contribution in [0.1, 0.15) is 60.5 Å². The van der Waals surface area contributed by atoms with Crippen molar-refractivity contribution in [3.63, 3.8) is 0 Å². The summed E-state index contributed by atoms with van der Waals surface area (Å²) in [5.41, 5.74) is 10.2. The van der Waals surface area contributed by atoms with Crippen LogP contribution in [0.2, 0.25) is 0 Å². The van der Waals surface area contributed by atoms with Gasteiger partial charge in [0.15, 0.2) is 0 Å². The molecule has 4 nitrogen and oxygen atoms in total. The van der Waals surface area contributed by atoms with Gasteiger partial charge in [0.05, 0.1) is 0 Å². The standard InChI is InChI=1S/C23H29N3O.C6H10/c24-23(27)20-8-10-21(11-9-20)26-16-14-25(15-17-26)13-12-19-6-3-5-18-4-1-2-7-22(18)19;1-3-5-6-4-2/h1-2,4,7-11,19H,3,5-6,12-17H2,(H2,24,27);3-6H,1-2H3/b;5-3-,6-4-. The lowest BCUT2D eigenvalue weighted by Crippen LogP contribution is -2.46. The van der Waals surface area contributed by atoms with Crippen LogP contribution in [0.3, 0.4) is 0 Å². The van der Waals surface area contributed by atoms with Crippen molar-refractivity contribution in [3.05, 3.63) is 89.5 Å². The Hall–Kier alpha value is -2.85. The number of fused-ring (bicyclic) bond motifs is 1. The smallest absolute Gasteiger partial charge is 0.248 e. The van der Waals surface area contributed by atoms with E-state index >= 15 is 0 Å². The van der Waals surface area contributed by atoms with Gasteiger partial charge in [-0.15, -0.1) is 0 Å². The van der Waals surface area contributed by atoms with E-state index in [1.165, 1.54) is 37.9 Å². The van der Waals surface area contributed by atoms with Gasteiger partial charge in [-0.3, -0.25) is 9.69 Å². The summed E-state index contributed by atoms with van der Waals surface area (Å²) in [6.07, 6.45) is 13.2. The van der Waals surface area contributed by atoms with Gasteiger partial charge in [-0.25, -0.2) is 0 Å². The Balaban J connectivity index is 0.000000454.